The van der Waals surface area contributed by atoms with E-state index in [1.165, 1.54) is 0 Å². The van der Waals surface area contributed by atoms with Crippen molar-refractivity contribution < 1.29 is 19.5 Å². The standard InChI is InChI=1S/C10H21BO4/c1-9(2,12)10(3,4)15-11(13)8-5-6-14-7-8/h8,12-13H,5-7H2,1-4H3. The topological polar surface area (TPSA) is 58.9 Å². The molecule has 1 aliphatic rings. The summed E-state index contributed by atoms with van der Waals surface area (Å²) in [5.74, 6) is 0.0200. The summed E-state index contributed by atoms with van der Waals surface area (Å²) >= 11 is 0. The first-order chi connectivity index (χ1) is 6.74. The summed E-state index contributed by atoms with van der Waals surface area (Å²) < 4.78 is 10.7. The van der Waals surface area contributed by atoms with Crippen molar-refractivity contribution >= 4 is 7.12 Å². The maximum atomic E-state index is 9.87. The zero-order valence-electron chi connectivity index (χ0n) is 9.99. The minimum absolute atomic E-state index is 0.0200. The molecule has 1 atom stereocenters. The fourth-order valence-corrected chi connectivity index (χ4v) is 1.32. The molecule has 1 fully saturated rings. The van der Waals surface area contributed by atoms with Crippen molar-refractivity contribution in [3.8, 4) is 0 Å². The van der Waals surface area contributed by atoms with E-state index in [1.54, 1.807) is 27.7 Å². The highest BCUT2D eigenvalue weighted by atomic mass is 16.6. The van der Waals surface area contributed by atoms with Crippen LogP contribution in [0.5, 0.6) is 0 Å². The van der Waals surface area contributed by atoms with E-state index in [2.05, 4.69) is 0 Å². The Hall–Kier alpha value is -0.0951. The molecule has 0 aromatic carbocycles. The molecule has 0 amide bonds. The molecule has 0 radical (unpaired) electrons. The lowest BCUT2D eigenvalue weighted by Crippen LogP contribution is -2.51. The van der Waals surface area contributed by atoms with E-state index in [0.717, 1.165) is 6.42 Å². The van der Waals surface area contributed by atoms with E-state index < -0.39 is 18.3 Å². The molecule has 1 unspecified atom stereocenters. The number of hydrogen-bond acceptors (Lipinski definition) is 4. The van der Waals surface area contributed by atoms with Crippen molar-refractivity contribution in [1.29, 1.82) is 0 Å². The molecule has 15 heavy (non-hydrogen) atoms. The molecule has 0 bridgehead atoms. The van der Waals surface area contributed by atoms with Gasteiger partial charge in [0.1, 0.15) is 0 Å². The van der Waals surface area contributed by atoms with Crippen LogP contribution in [0.1, 0.15) is 34.1 Å². The van der Waals surface area contributed by atoms with Gasteiger partial charge in [0.25, 0.3) is 0 Å². The summed E-state index contributed by atoms with van der Waals surface area (Å²) in [6, 6.07) is 0. The molecule has 5 heteroatoms. The lowest BCUT2D eigenvalue weighted by Gasteiger charge is -2.39. The van der Waals surface area contributed by atoms with Crippen LogP contribution in [0.4, 0.5) is 0 Å². The van der Waals surface area contributed by atoms with Gasteiger partial charge in [-0.05, 0) is 34.1 Å². The quantitative estimate of drug-likeness (QED) is 0.683. The summed E-state index contributed by atoms with van der Waals surface area (Å²) in [5, 5.41) is 19.7. The monoisotopic (exact) mass is 216 g/mol. The van der Waals surface area contributed by atoms with Crippen LogP contribution in [0.2, 0.25) is 5.82 Å². The molecule has 0 saturated carbocycles. The van der Waals surface area contributed by atoms with E-state index in [4.69, 9.17) is 9.39 Å². The van der Waals surface area contributed by atoms with Crippen molar-refractivity contribution in [1.82, 2.24) is 0 Å². The van der Waals surface area contributed by atoms with Gasteiger partial charge in [-0.3, -0.25) is 0 Å². The van der Waals surface area contributed by atoms with Gasteiger partial charge in [0.2, 0.25) is 0 Å². The maximum absolute atomic E-state index is 9.87. The highest BCUT2D eigenvalue weighted by Gasteiger charge is 2.42. The number of hydrogen-bond donors (Lipinski definition) is 2. The van der Waals surface area contributed by atoms with Crippen LogP contribution < -0.4 is 0 Å². The fourth-order valence-electron chi connectivity index (χ4n) is 1.32. The minimum Gasteiger partial charge on any atom is -0.427 e. The van der Waals surface area contributed by atoms with Crippen LogP contribution in [0, 0.1) is 0 Å². The molecule has 1 heterocycles. The van der Waals surface area contributed by atoms with Gasteiger partial charge in [0.05, 0.1) is 11.2 Å². The van der Waals surface area contributed by atoms with Crippen LogP contribution in [0.15, 0.2) is 0 Å². The normalized spacial score (nSPS) is 23.2. The van der Waals surface area contributed by atoms with Crippen molar-refractivity contribution in [2.45, 2.75) is 51.1 Å². The van der Waals surface area contributed by atoms with Crippen LogP contribution >= 0.6 is 0 Å². The summed E-state index contributed by atoms with van der Waals surface area (Å²) in [6.45, 7) is 8.09. The second kappa shape index (κ2) is 4.41. The Labute approximate surface area is 91.7 Å². The van der Waals surface area contributed by atoms with Crippen molar-refractivity contribution in [3.63, 3.8) is 0 Å². The third-order valence-electron chi connectivity index (χ3n) is 3.26. The highest BCUT2D eigenvalue weighted by Crippen LogP contribution is 2.30. The van der Waals surface area contributed by atoms with Crippen LogP contribution in [-0.4, -0.2) is 41.7 Å². The summed E-state index contributed by atoms with van der Waals surface area (Å²) in [5.41, 5.74) is -1.78. The molecule has 0 aliphatic carbocycles. The van der Waals surface area contributed by atoms with Crippen LogP contribution in [0.3, 0.4) is 0 Å². The van der Waals surface area contributed by atoms with E-state index in [0.29, 0.717) is 13.2 Å². The molecule has 88 valence electrons. The highest BCUT2D eigenvalue weighted by molar-refractivity contribution is 6.45. The molecular formula is C10H21BO4. The molecule has 2 N–H and O–H groups in total. The summed E-state index contributed by atoms with van der Waals surface area (Å²) in [7, 11) is -0.867. The Morgan fingerprint density at radius 1 is 1.33 bits per heavy atom. The molecule has 1 rings (SSSR count). The van der Waals surface area contributed by atoms with Gasteiger partial charge in [0, 0.05) is 19.0 Å². The Kier molecular flexibility index (Phi) is 3.82. The lowest BCUT2D eigenvalue weighted by atomic mass is 9.70. The first kappa shape index (κ1) is 13.0. The van der Waals surface area contributed by atoms with Gasteiger partial charge in [-0.25, -0.2) is 0 Å². The first-order valence-electron chi connectivity index (χ1n) is 5.40. The molecule has 0 aromatic heterocycles. The maximum Gasteiger partial charge on any atom is 0.460 e. The number of aliphatic hydroxyl groups is 1. The molecular weight excluding hydrogens is 195 g/mol. The third kappa shape index (κ3) is 3.18. The van der Waals surface area contributed by atoms with Gasteiger partial charge in [-0.15, -0.1) is 0 Å². The number of rotatable bonds is 4. The molecule has 0 spiro atoms. The molecule has 1 saturated heterocycles. The Balaban J connectivity index is 2.52. The second-order valence-electron chi connectivity index (χ2n) is 5.20. The zero-order chi connectivity index (χ0) is 11.7. The number of ether oxygens (including phenoxy) is 1. The first-order valence-corrected chi connectivity index (χ1v) is 5.40. The Morgan fingerprint density at radius 3 is 2.33 bits per heavy atom. The SMILES string of the molecule is CC(C)(O)C(C)(C)OB(O)C1CCOC1. The zero-order valence-corrected chi connectivity index (χ0v) is 9.99. The predicted octanol–water partition coefficient (Wildman–Crippen LogP) is 0.823. The minimum atomic E-state index is -0.993. The third-order valence-corrected chi connectivity index (χ3v) is 3.26. The average Bonchev–Trinajstić information content (AvgIpc) is 2.51. The Morgan fingerprint density at radius 2 is 1.93 bits per heavy atom. The Bertz CT molecular complexity index is 206. The van der Waals surface area contributed by atoms with E-state index in [1.807, 2.05) is 0 Å². The largest absolute Gasteiger partial charge is 0.460 e. The van der Waals surface area contributed by atoms with E-state index in [9.17, 15) is 10.1 Å². The smallest absolute Gasteiger partial charge is 0.427 e. The van der Waals surface area contributed by atoms with E-state index in [-0.39, 0.29) is 5.82 Å². The van der Waals surface area contributed by atoms with Crippen molar-refractivity contribution in [3.05, 3.63) is 0 Å². The fraction of sp³-hybridized carbons (Fsp3) is 1.00. The summed E-state index contributed by atoms with van der Waals surface area (Å²) in [4.78, 5) is 0. The second-order valence-corrected chi connectivity index (χ2v) is 5.20. The van der Waals surface area contributed by atoms with Gasteiger partial charge in [0.15, 0.2) is 0 Å². The molecule has 1 aliphatic heterocycles. The van der Waals surface area contributed by atoms with Gasteiger partial charge in [-0.2, -0.15) is 0 Å². The van der Waals surface area contributed by atoms with Crippen molar-refractivity contribution in [2.24, 2.45) is 0 Å². The average molecular weight is 216 g/mol. The molecule has 4 nitrogen and oxygen atoms in total. The summed E-state index contributed by atoms with van der Waals surface area (Å²) in [6.07, 6.45) is 0.809. The van der Waals surface area contributed by atoms with Crippen LogP contribution in [0.25, 0.3) is 0 Å². The lowest BCUT2D eigenvalue weighted by molar-refractivity contribution is -0.101. The molecule has 0 aromatic rings. The van der Waals surface area contributed by atoms with Gasteiger partial charge < -0.3 is 19.5 Å². The van der Waals surface area contributed by atoms with Crippen molar-refractivity contribution in [2.75, 3.05) is 13.2 Å². The van der Waals surface area contributed by atoms with E-state index >= 15 is 0 Å². The predicted molar refractivity (Wildman–Crippen MR) is 58.6 cm³/mol. The van der Waals surface area contributed by atoms with Crippen LogP contribution in [-0.2, 0) is 9.39 Å². The van der Waals surface area contributed by atoms with Gasteiger partial charge in [-0.1, -0.05) is 0 Å². The van der Waals surface area contributed by atoms with Gasteiger partial charge >= 0.3 is 7.12 Å².